The summed E-state index contributed by atoms with van der Waals surface area (Å²) in [5, 5.41) is 3.33. The van der Waals surface area contributed by atoms with E-state index in [1.807, 2.05) is 36.6 Å². The van der Waals surface area contributed by atoms with Crippen LogP contribution in [0.5, 0.6) is 0 Å². The Balaban J connectivity index is 1.93. The van der Waals surface area contributed by atoms with Gasteiger partial charge in [-0.1, -0.05) is 56.5 Å². The maximum Gasteiger partial charge on any atom is 0.259 e. The molecule has 1 aromatic carbocycles. The van der Waals surface area contributed by atoms with Crippen molar-refractivity contribution in [2.45, 2.75) is 52.1 Å². The van der Waals surface area contributed by atoms with Crippen molar-refractivity contribution in [3.05, 3.63) is 68.6 Å². The van der Waals surface area contributed by atoms with E-state index < -0.39 is 11.3 Å². The van der Waals surface area contributed by atoms with Crippen molar-refractivity contribution >= 4 is 23.4 Å². The molecule has 1 N–H and O–H groups in total. The Bertz CT molecular complexity index is 1010. The van der Waals surface area contributed by atoms with Gasteiger partial charge in [0.2, 0.25) is 5.43 Å². The monoisotopic (exact) mass is 443 g/mol. The molecule has 0 unspecified atom stereocenters. The minimum absolute atomic E-state index is 0.0113. The summed E-state index contributed by atoms with van der Waals surface area (Å²) in [6.45, 7) is 4.76. The van der Waals surface area contributed by atoms with Crippen LogP contribution in [0.25, 0.3) is 0 Å². The number of carbonyl (C=O) groups is 2. The first kappa shape index (κ1) is 23.1. The molecule has 1 fully saturated rings. The molecular weight excluding hydrogens is 414 g/mol. The van der Waals surface area contributed by atoms with Crippen LogP contribution in [0.4, 0.5) is 0 Å². The van der Waals surface area contributed by atoms with Crippen molar-refractivity contribution in [2.24, 2.45) is 5.92 Å². The van der Waals surface area contributed by atoms with Crippen LogP contribution in [0.1, 0.15) is 71.9 Å². The Labute approximate surface area is 188 Å². The molecule has 0 aliphatic heterocycles. The summed E-state index contributed by atoms with van der Waals surface area (Å²) in [6.07, 6.45) is 7.36. The quantitative estimate of drug-likeness (QED) is 0.694. The van der Waals surface area contributed by atoms with Crippen LogP contribution in [0.2, 0.25) is 5.02 Å². The van der Waals surface area contributed by atoms with E-state index in [9.17, 15) is 14.4 Å². The summed E-state index contributed by atoms with van der Waals surface area (Å²) >= 11 is 6.17. The predicted molar refractivity (Wildman–Crippen MR) is 123 cm³/mol. The third-order valence-corrected chi connectivity index (χ3v) is 6.02. The van der Waals surface area contributed by atoms with Crippen molar-refractivity contribution in [1.29, 1.82) is 0 Å². The number of aromatic nitrogens is 1. The number of hydrogen-bond acceptors (Lipinski definition) is 3. The molecular formula is C24H30ClN3O3. The zero-order valence-corrected chi connectivity index (χ0v) is 19.1. The fourth-order valence-electron chi connectivity index (χ4n) is 4.07. The minimum Gasteiger partial charge on any atom is -0.349 e. The molecule has 0 bridgehead atoms. The van der Waals surface area contributed by atoms with Crippen LogP contribution in [0, 0.1) is 5.92 Å². The van der Waals surface area contributed by atoms with E-state index in [2.05, 4.69) is 5.32 Å². The highest BCUT2D eigenvalue weighted by Gasteiger charge is 2.25. The first-order valence-electron chi connectivity index (χ1n) is 10.8. The van der Waals surface area contributed by atoms with Crippen molar-refractivity contribution in [3.8, 4) is 0 Å². The van der Waals surface area contributed by atoms with Gasteiger partial charge in [0, 0.05) is 43.6 Å². The van der Waals surface area contributed by atoms with Crippen molar-refractivity contribution < 1.29 is 9.59 Å². The average Bonchev–Trinajstić information content (AvgIpc) is 3.27. The topological polar surface area (TPSA) is 71.4 Å². The second kappa shape index (κ2) is 10.1. The molecule has 3 rings (SSSR count). The SMILES string of the molecule is CC(C)CN(C)C(=O)c1cn(C2CCCC2)cc(C(=O)NCc2ccccc2Cl)c1=O. The first-order valence-corrected chi connectivity index (χ1v) is 11.2. The molecule has 31 heavy (non-hydrogen) atoms. The lowest BCUT2D eigenvalue weighted by molar-refractivity contribution is 0.0776. The molecule has 0 spiro atoms. The highest BCUT2D eigenvalue weighted by atomic mass is 35.5. The lowest BCUT2D eigenvalue weighted by Gasteiger charge is -2.22. The van der Waals surface area contributed by atoms with Gasteiger partial charge in [-0.05, 0) is 30.4 Å². The van der Waals surface area contributed by atoms with Crippen LogP contribution < -0.4 is 10.7 Å². The Hall–Kier alpha value is -2.60. The number of rotatable bonds is 7. The number of nitrogens with zero attached hydrogens (tertiary/aromatic N) is 2. The number of halogens is 1. The van der Waals surface area contributed by atoms with Gasteiger partial charge in [0.25, 0.3) is 11.8 Å². The molecule has 1 aliphatic carbocycles. The normalized spacial score (nSPS) is 14.1. The second-order valence-electron chi connectivity index (χ2n) is 8.65. The van der Waals surface area contributed by atoms with Gasteiger partial charge in [-0.2, -0.15) is 0 Å². The lowest BCUT2D eigenvalue weighted by Crippen LogP contribution is -2.37. The minimum atomic E-state index is -0.536. The molecule has 1 aromatic heterocycles. The van der Waals surface area contributed by atoms with Gasteiger partial charge < -0.3 is 14.8 Å². The Morgan fingerprint density at radius 2 is 1.81 bits per heavy atom. The van der Waals surface area contributed by atoms with Crippen LogP contribution in [0.15, 0.2) is 41.5 Å². The van der Waals surface area contributed by atoms with E-state index in [-0.39, 0.29) is 35.5 Å². The van der Waals surface area contributed by atoms with Crippen molar-refractivity contribution in [2.75, 3.05) is 13.6 Å². The molecule has 1 heterocycles. The molecule has 0 saturated heterocycles. The van der Waals surface area contributed by atoms with Gasteiger partial charge in [0.1, 0.15) is 11.1 Å². The van der Waals surface area contributed by atoms with E-state index in [0.29, 0.717) is 11.6 Å². The summed E-state index contributed by atoms with van der Waals surface area (Å²) in [6, 6.07) is 7.42. The van der Waals surface area contributed by atoms with Crippen LogP contribution in [-0.4, -0.2) is 34.9 Å². The number of hydrogen-bond donors (Lipinski definition) is 1. The Morgan fingerprint density at radius 1 is 1.16 bits per heavy atom. The van der Waals surface area contributed by atoms with Crippen LogP contribution in [-0.2, 0) is 6.54 Å². The first-order chi connectivity index (χ1) is 14.8. The molecule has 7 heteroatoms. The van der Waals surface area contributed by atoms with Gasteiger partial charge >= 0.3 is 0 Å². The Morgan fingerprint density at radius 3 is 2.45 bits per heavy atom. The smallest absolute Gasteiger partial charge is 0.259 e. The number of carbonyl (C=O) groups excluding carboxylic acids is 2. The summed E-state index contributed by atoms with van der Waals surface area (Å²) in [7, 11) is 1.69. The number of pyridine rings is 1. The maximum atomic E-state index is 13.1. The molecule has 2 amide bonds. The van der Waals surface area contributed by atoms with E-state index in [1.54, 1.807) is 30.4 Å². The lowest BCUT2D eigenvalue weighted by atomic mass is 10.1. The van der Waals surface area contributed by atoms with Crippen LogP contribution in [0.3, 0.4) is 0 Å². The molecule has 6 nitrogen and oxygen atoms in total. The van der Waals surface area contributed by atoms with Gasteiger partial charge in [-0.15, -0.1) is 0 Å². The summed E-state index contributed by atoms with van der Waals surface area (Å²) in [5.41, 5.74) is 0.257. The number of nitrogens with one attached hydrogen (secondary N) is 1. The van der Waals surface area contributed by atoms with E-state index in [0.717, 1.165) is 31.2 Å². The van der Waals surface area contributed by atoms with Crippen LogP contribution >= 0.6 is 11.6 Å². The third kappa shape index (κ3) is 5.56. The fourth-order valence-corrected chi connectivity index (χ4v) is 4.28. The summed E-state index contributed by atoms with van der Waals surface area (Å²) in [5.74, 6) is -0.586. The molecule has 2 aromatic rings. The maximum absolute atomic E-state index is 13.1. The highest BCUT2D eigenvalue weighted by molar-refractivity contribution is 6.31. The zero-order valence-electron chi connectivity index (χ0n) is 18.4. The average molecular weight is 444 g/mol. The van der Waals surface area contributed by atoms with Gasteiger partial charge in [0.05, 0.1) is 0 Å². The van der Waals surface area contributed by atoms with E-state index in [1.165, 1.54) is 0 Å². The molecule has 1 aliphatic rings. The van der Waals surface area contributed by atoms with Gasteiger partial charge in [0.15, 0.2) is 0 Å². The fraction of sp³-hybridized carbons (Fsp3) is 0.458. The molecule has 0 radical (unpaired) electrons. The summed E-state index contributed by atoms with van der Waals surface area (Å²) in [4.78, 5) is 40.7. The summed E-state index contributed by atoms with van der Waals surface area (Å²) < 4.78 is 1.88. The van der Waals surface area contributed by atoms with Gasteiger partial charge in [-0.3, -0.25) is 14.4 Å². The Kier molecular flexibility index (Phi) is 7.55. The molecule has 0 atom stereocenters. The number of amides is 2. The van der Waals surface area contributed by atoms with E-state index in [4.69, 9.17) is 11.6 Å². The standard InChI is InChI=1S/C24H30ClN3O3/c1-16(2)13-27(3)24(31)20-15-28(18-9-5-6-10-18)14-19(22(20)29)23(30)26-12-17-8-4-7-11-21(17)25/h4,7-8,11,14-16,18H,5-6,9-10,12-13H2,1-3H3,(H,26,30). The zero-order chi connectivity index (χ0) is 22.5. The van der Waals surface area contributed by atoms with E-state index >= 15 is 0 Å². The predicted octanol–water partition coefficient (Wildman–Crippen LogP) is 4.27. The van der Waals surface area contributed by atoms with Crippen molar-refractivity contribution in [3.63, 3.8) is 0 Å². The largest absolute Gasteiger partial charge is 0.349 e. The molecule has 1 saturated carbocycles. The second-order valence-corrected chi connectivity index (χ2v) is 9.06. The third-order valence-electron chi connectivity index (χ3n) is 5.65. The number of benzene rings is 1. The van der Waals surface area contributed by atoms with Crippen molar-refractivity contribution in [1.82, 2.24) is 14.8 Å². The molecule has 166 valence electrons. The van der Waals surface area contributed by atoms with Gasteiger partial charge in [-0.25, -0.2) is 0 Å². The highest BCUT2D eigenvalue weighted by Crippen LogP contribution is 2.29.